The second kappa shape index (κ2) is 10.4. The number of benzene rings is 1. The normalized spacial score (nSPS) is 10.7. The van der Waals surface area contributed by atoms with Gasteiger partial charge in [0.2, 0.25) is 11.8 Å². The van der Waals surface area contributed by atoms with Gasteiger partial charge in [0.25, 0.3) is 0 Å². The molecule has 154 valence electrons. The van der Waals surface area contributed by atoms with Crippen LogP contribution in [0.4, 0.5) is 0 Å². The van der Waals surface area contributed by atoms with E-state index in [4.69, 9.17) is 13.9 Å². The van der Waals surface area contributed by atoms with Crippen LogP contribution in [0.15, 0.2) is 40.1 Å². The number of amides is 1. The third kappa shape index (κ3) is 5.77. The van der Waals surface area contributed by atoms with Gasteiger partial charge >= 0.3 is 0 Å². The molecule has 0 aliphatic carbocycles. The Balaban J connectivity index is 1.41. The molecule has 2 aromatic heterocycles. The Morgan fingerprint density at radius 2 is 2.07 bits per heavy atom. The van der Waals surface area contributed by atoms with Gasteiger partial charge in [0.05, 0.1) is 30.5 Å². The van der Waals surface area contributed by atoms with E-state index < -0.39 is 0 Å². The second-order valence-corrected chi connectivity index (χ2v) is 8.21. The van der Waals surface area contributed by atoms with Crippen LogP contribution in [0.3, 0.4) is 0 Å². The molecule has 0 unspecified atom stereocenters. The number of oxazole rings is 1. The van der Waals surface area contributed by atoms with Crippen molar-refractivity contribution in [2.24, 2.45) is 0 Å². The standard InChI is InChI=1S/C21H24N2O4S2/c1-14-16(23-21(27-14)19-5-4-10-29-19)12-28-13-20(24)22-9-8-15-6-7-17(25-2)18(11-15)26-3/h4-7,10-11H,8-9,12-13H2,1-3H3,(H,22,24). The Kier molecular flexibility index (Phi) is 7.60. The van der Waals surface area contributed by atoms with Crippen LogP contribution < -0.4 is 14.8 Å². The van der Waals surface area contributed by atoms with E-state index in [-0.39, 0.29) is 5.91 Å². The number of ether oxygens (including phenoxy) is 2. The Bertz CT molecular complexity index is 938. The van der Waals surface area contributed by atoms with Crippen LogP contribution in [0.2, 0.25) is 0 Å². The van der Waals surface area contributed by atoms with E-state index in [0.717, 1.165) is 28.3 Å². The summed E-state index contributed by atoms with van der Waals surface area (Å²) in [5, 5.41) is 4.95. The second-order valence-electron chi connectivity index (χ2n) is 6.28. The van der Waals surface area contributed by atoms with E-state index in [1.807, 2.05) is 42.6 Å². The third-order valence-electron chi connectivity index (χ3n) is 4.28. The average Bonchev–Trinajstić information content (AvgIpc) is 3.38. The minimum atomic E-state index is 0.00936. The van der Waals surface area contributed by atoms with Gasteiger partial charge in [-0.3, -0.25) is 4.79 Å². The number of nitrogens with one attached hydrogen (secondary N) is 1. The first-order valence-corrected chi connectivity index (χ1v) is 11.2. The van der Waals surface area contributed by atoms with Crippen molar-refractivity contribution < 1.29 is 18.7 Å². The molecular weight excluding hydrogens is 408 g/mol. The summed E-state index contributed by atoms with van der Waals surface area (Å²) < 4.78 is 16.3. The highest BCUT2D eigenvalue weighted by atomic mass is 32.2. The van der Waals surface area contributed by atoms with Gasteiger partial charge in [-0.25, -0.2) is 4.98 Å². The Morgan fingerprint density at radius 1 is 1.24 bits per heavy atom. The fourth-order valence-electron chi connectivity index (χ4n) is 2.74. The molecule has 1 N–H and O–H groups in total. The minimum absolute atomic E-state index is 0.00936. The van der Waals surface area contributed by atoms with Gasteiger partial charge < -0.3 is 19.2 Å². The van der Waals surface area contributed by atoms with Gasteiger partial charge in [0, 0.05) is 12.3 Å². The molecule has 0 saturated heterocycles. The lowest BCUT2D eigenvalue weighted by Gasteiger charge is -2.10. The molecule has 1 amide bonds. The summed E-state index contributed by atoms with van der Waals surface area (Å²) in [6.45, 7) is 2.48. The van der Waals surface area contributed by atoms with Crippen LogP contribution in [-0.4, -0.2) is 37.4 Å². The molecule has 6 nitrogen and oxygen atoms in total. The van der Waals surface area contributed by atoms with Gasteiger partial charge in [-0.1, -0.05) is 12.1 Å². The van der Waals surface area contributed by atoms with Crippen LogP contribution in [0.1, 0.15) is 17.0 Å². The predicted molar refractivity (Wildman–Crippen MR) is 117 cm³/mol. The zero-order valence-electron chi connectivity index (χ0n) is 16.7. The topological polar surface area (TPSA) is 73.6 Å². The lowest BCUT2D eigenvalue weighted by Crippen LogP contribution is -2.27. The molecule has 2 heterocycles. The zero-order chi connectivity index (χ0) is 20.6. The first-order chi connectivity index (χ1) is 14.1. The molecule has 0 fully saturated rings. The number of hydrogen-bond donors (Lipinski definition) is 1. The van der Waals surface area contributed by atoms with Crippen molar-refractivity contribution in [2.45, 2.75) is 19.1 Å². The average molecular weight is 433 g/mol. The van der Waals surface area contributed by atoms with Crippen LogP contribution in [0.5, 0.6) is 11.5 Å². The number of thiophene rings is 1. The largest absolute Gasteiger partial charge is 0.493 e. The van der Waals surface area contributed by atoms with Crippen molar-refractivity contribution in [3.8, 4) is 22.3 Å². The van der Waals surface area contributed by atoms with Crippen molar-refractivity contribution in [3.05, 3.63) is 52.7 Å². The van der Waals surface area contributed by atoms with Gasteiger partial charge in [-0.05, 0) is 42.5 Å². The molecule has 3 aromatic rings. The minimum Gasteiger partial charge on any atom is -0.493 e. The maximum Gasteiger partial charge on any atom is 0.236 e. The monoisotopic (exact) mass is 432 g/mol. The van der Waals surface area contributed by atoms with E-state index in [9.17, 15) is 4.79 Å². The van der Waals surface area contributed by atoms with E-state index >= 15 is 0 Å². The molecule has 0 spiro atoms. The fraction of sp³-hybridized carbons (Fsp3) is 0.333. The number of nitrogens with zero attached hydrogens (tertiary/aromatic N) is 1. The summed E-state index contributed by atoms with van der Waals surface area (Å²) >= 11 is 3.13. The summed E-state index contributed by atoms with van der Waals surface area (Å²) in [6.07, 6.45) is 0.726. The van der Waals surface area contributed by atoms with Crippen molar-refractivity contribution in [1.29, 1.82) is 0 Å². The number of carbonyl (C=O) groups excluding carboxylic acids is 1. The SMILES string of the molecule is COc1ccc(CCNC(=O)CSCc2nc(-c3cccs3)oc2C)cc1OC. The van der Waals surface area contributed by atoms with Crippen molar-refractivity contribution in [3.63, 3.8) is 0 Å². The number of methoxy groups -OCH3 is 2. The Hall–Kier alpha value is -2.45. The molecule has 1 aromatic carbocycles. The number of carbonyl (C=O) groups is 1. The number of hydrogen-bond acceptors (Lipinski definition) is 7. The Labute approximate surface area is 178 Å². The molecule has 0 radical (unpaired) electrons. The van der Waals surface area contributed by atoms with Crippen LogP contribution >= 0.6 is 23.1 Å². The fourth-order valence-corrected chi connectivity index (χ4v) is 4.24. The lowest BCUT2D eigenvalue weighted by molar-refractivity contribution is -0.118. The summed E-state index contributed by atoms with van der Waals surface area (Å²) in [6, 6.07) is 9.73. The quantitative estimate of drug-likeness (QED) is 0.514. The van der Waals surface area contributed by atoms with Crippen molar-refractivity contribution in [1.82, 2.24) is 10.3 Å². The molecule has 0 aliphatic rings. The summed E-state index contributed by atoms with van der Waals surface area (Å²) in [7, 11) is 3.22. The first-order valence-electron chi connectivity index (χ1n) is 9.16. The van der Waals surface area contributed by atoms with Crippen molar-refractivity contribution in [2.75, 3.05) is 26.5 Å². The van der Waals surface area contributed by atoms with E-state index in [2.05, 4.69) is 10.3 Å². The van der Waals surface area contributed by atoms with E-state index in [1.54, 1.807) is 25.6 Å². The van der Waals surface area contributed by atoms with E-state index in [0.29, 0.717) is 35.4 Å². The van der Waals surface area contributed by atoms with Crippen molar-refractivity contribution >= 4 is 29.0 Å². The van der Waals surface area contributed by atoms with Gasteiger partial charge in [-0.15, -0.1) is 23.1 Å². The molecule has 3 rings (SSSR count). The van der Waals surface area contributed by atoms with Gasteiger partial charge in [-0.2, -0.15) is 0 Å². The lowest BCUT2D eigenvalue weighted by atomic mass is 10.1. The maximum atomic E-state index is 12.1. The smallest absolute Gasteiger partial charge is 0.236 e. The highest BCUT2D eigenvalue weighted by Gasteiger charge is 2.13. The molecule has 0 saturated carbocycles. The molecule has 0 atom stereocenters. The first kappa shape index (κ1) is 21.3. The number of rotatable bonds is 10. The Morgan fingerprint density at radius 3 is 2.79 bits per heavy atom. The van der Waals surface area contributed by atoms with Gasteiger partial charge in [0.15, 0.2) is 11.5 Å². The predicted octanol–water partition coefficient (Wildman–Crippen LogP) is 4.32. The van der Waals surface area contributed by atoms with Crippen LogP contribution in [0.25, 0.3) is 10.8 Å². The zero-order valence-corrected chi connectivity index (χ0v) is 18.3. The van der Waals surface area contributed by atoms with Gasteiger partial charge in [0.1, 0.15) is 5.76 Å². The molecule has 8 heteroatoms. The number of aryl methyl sites for hydroxylation is 1. The molecule has 29 heavy (non-hydrogen) atoms. The summed E-state index contributed by atoms with van der Waals surface area (Å²) in [5.74, 6) is 3.87. The summed E-state index contributed by atoms with van der Waals surface area (Å²) in [4.78, 5) is 17.7. The maximum absolute atomic E-state index is 12.1. The number of thioether (sulfide) groups is 1. The molecule has 0 aliphatic heterocycles. The van der Waals surface area contributed by atoms with E-state index in [1.165, 1.54) is 11.8 Å². The third-order valence-corrected chi connectivity index (χ3v) is 6.08. The van der Waals surface area contributed by atoms with Crippen LogP contribution in [0, 0.1) is 6.92 Å². The summed E-state index contributed by atoms with van der Waals surface area (Å²) in [5.41, 5.74) is 1.96. The molecular formula is C21H24N2O4S2. The highest BCUT2D eigenvalue weighted by molar-refractivity contribution is 7.99. The van der Waals surface area contributed by atoms with Crippen LogP contribution in [-0.2, 0) is 17.0 Å². The highest BCUT2D eigenvalue weighted by Crippen LogP contribution is 2.28. The molecule has 0 bridgehead atoms. The number of aromatic nitrogens is 1.